The topological polar surface area (TPSA) is 16.4 Å². The molecule has 0 bridgehead atoms. The summed E-state index contributed by atoms with van der Waals surface area (Å²) in [4.78, 5) is 2.31. The zero-order chi connectivity index (χ0) is 22.2. The van der Waals surface area contributed by atoms with E-state index in [1.54, 1.807) is 0 Å². The van der Waals surface area contributed by atoms with E-state index in [1.165, 1.54) is 16.7 Å². The van der Waals surface area contributed by atoms with Gasteiger partial charge < -0.3 is 9.32 Å². The molecule has 0 aliphatic rings. The summed E-state index contributed by atoms with van der Waals surface area (Å²) >= 11 is 0. The second-order valence-corrected chi connectivity index (χ2v) is 8.31. The molecular formula is C31H23NO. The maximum atomic E-state index is 6.44. The first-order valence-electron chi connectivity index (χ1n) is 11.2. The smallest absolute Gasteiger partial charge is 0.159 e. The number of rotatable bonds is 4. The molecule has 0 saturated carbocycles. The second-order valence-electron chi connectivity index (χ2n) is 8.31. The average Bonchev–Trinajstić information content (AvgIpc) is 3.26. The van der Waals surface area contributed by atoms with Gasteiger partial charge in [-0.1, -0.05) is 96.6 Å². The molecule has 1 heterocycles. The van der Waals surface area contributed by atoms with Gasteiger partial charge in [-0.25, -0.2) is 0 Å². The van der Waals surface area contributed by atoms with Crippen LogP contribution in [0.2, 0.25) is 0 Å². The summed E-state index contributed by atoms with van der Waals surface area (Å²) in [6, 6.07) is 42.4. The van der Waals surface area contributed by atoms with E-state index in [0.29, 0.717) is 0 Å². The van der Waals surface area contributed by atoms with Crippen molar-refractivity contribution in [2.45, 2.75) is 6.92 Å². The Kier molecular flexibility index (Phi) is 4.70. The molecule has 0 aliphatic carbocycles. The van der Waals surface area contributed by atoms with Crippen LogP contribution in [0.15, 0.2) is 126 Å². The first-order valence-corrected chi connectivity index (χ1v) is 11.2. The summed E-state index contributed by atoms with van der Waals surface area (Å²) in [6.45, 7) is 2.12. The first-order chi connectivity index (χ1) is 16.3. The highest BCUT2D eigenvalue weighted by molar-refractivity contribution is 6.10. The molecule has 0 spiro atoms. The molecular weight excluding hydrogens is 402 g/mol. The minimum atomic E-state index is 0.891. The normalized spacial score (nSPS) is 11.2. The lowest BCUT2D eigenvalue weighted by Gasteiger charge is -2.28. The molecule has 1 aromatic heterocycles. The van der Waals surface area contributed by atoms with Crippen molar-refractivity contribution in [2.24, 2.45) is 0 Å². The molecule has 0 amide bonds. The van der Waals surface area contributed by atoms with Gasteiger partial charge in [-0.3, -0.25) is 0 Å². The number of aryl methyl sites for hydroxylation is 1. The lowest BCUT2D eigenvalue weighted by molar-refractivity contribution is 0.669. The van der Waals surface area contributed by atoms with E-state index < -0.39 is 0 Å². The van der Waals surface area contributed by atoms with Crippen LogP contribution >= 0.6 is 0 Å². The predicted molar refractivity (Wildman–Crippen MR) is 139 cm³/mol. The van der Waals surface area contributed by atoms with Crippen molar-refractivity contribution < 1.29 is 4.42 Å². The summed E-state index contributed by atoms with van der Waals surface area (Å²) < 4.78 is 6.44. The lowest BCUT2D eigenvalue weighted by atomic mass is 10.0. The van der Waals surface area contributed by atoms with Crippen molar-refractivity contribution in [1.82, 2.24) is 0 Å². The molecule has 2 nitrogen and oxygen atoms in total. The van der Waals surface area contributed by atoms with Gasteiger partial charge in [-0.15, -0.1) is 0 Å². The molecule has 33 heavy (non-hydrogen) atoms. The Morgan fingerprint density at radius 2 is 1.21 bits per heavy atom. The monoisotopic (exact) mass is 425 g/mol. The highest BCUT2D eigenvalue weighted by Crippen LogP contribution is 2.44. The van der Waals surface area contributed by atoms with Crippen LogP contribution in [0.5, 0.6) is 0 Å². The Balaban J connectivity index is 1.66. The maximum absolute atomic E-state index is 6.44. The fourth-order valence-corrected chi connectivity index (χ4v) is 4.54. The van der Waals surface area contributed by atoms with Crippen molar-refractivity contribution in [3.63, 3.8) is 0 Å². The lowest BCUT2D eigenvalue weighted by Crippen LogP contribution is -2.11. The molecule has 0 unspecified atom stereocenters. The van der Waals surface area contributed by atoms with Gasteiger partial charge in [0, 0.05) is 22.0 Å². The van der Waals surface area contributed by atoms with Gasteiger partial charge in [0.25, 0.3) is 0 Å². The Morgan fingerprint density at radius 3 is 2.06 bits per heavy atom. The molecule has 0 aliphatic heterocycles. The van der Waals surface area contributed by atoms with E-state index in [0.717, 1.165) is 39.0 Å². The van der Waals surface area contributed by atoms with Crippen molar-refractivity contribution in [1.29, 1.82) is 0 Å². The summed E-state index contributed by atoms with van der Waals surface area (Å²) in [5, 5.41) is 2.26. The Bertz CT molecular complexity index is 1560. The fraction of sp³-hybridized carbons (Fsp3) is 0.0323. The minimum Gasteiger partial charge on any atom is -0.454 e. The van der Waals surface area contributed by atoms with Crippen molar-refractivity contribution in [3.8, 4) is 11.1 Å². The van der Waals surface area contributed by atoms with Gasteiger partial charge in [-0.2, -0.15) is 0 Å². The zero-order valence-electron chi connectivity index (χ0n) is 18.4. The van der Waals surface area contributed by atoms with Gasteiger partial charge in [0.15, 0.2) is 5.58 Å². The van der Waals surface area contributed by atoms with Crippen LogP contribution in [0.3, 0.4) is 0 Å². The third kappa shape index (κ3) is 3.37. The van der Waals surface area contributed by atoms with Crippen LogP contribution in [0.1, 0.15) is 5.56 Å². The van der Waals surface area contributed by atoms with E-state index in [1.807, 2.05) is 12.1 Å². The molecule has 0 atom stereocenters. The van der Waals surface area contributed by atoms with Crippen LogP contribution < -0.4 is 4.90 Å². The van der Waals surface area contributed by atoms with Gasteiger partial charge in [0.1, 0.15) is 5.58 Å². The van der Waals surface area contributed by atoms with Crippen LogP contribution in [-0.4, -0.2) is 0 Å². The molecule has 2 heteroatoms. The molecule has 0 fully saturated rings. The second kappa shape index (κ2) is 7.99. The number of para-hydroxylation sites is 3. The third-order valence-corrected chi connectivity index (χ3v) is 6.15. The Morgan fingerprint density at radius 1 is 0.545 bits per heavy atom. The highest BCUT2D eigenvalue weighted by atomic mass is 16.3. The summed E-state index contributed by atoms with van der Waals surface area (Å²) in [6.07, 6.45) is 0. The number of hydrogen-bond donors (Lipinski definition) is 0. The Hall–Kier alpha value is -4.30. The van der Waals surface area contributed by atoms with E-state index in [-0.39, 0.29) is 0 Å². The third-order valence-electron chi connectivity index (χ3n) is 6.15. The zero-order valence-corrected chi connectivity index (χ0v) is 18.4. The average molecular weight is 426 g/mol. The number of anilines is 3. The number of furan rings is 1. The molecule has 0 saturated heterocycles. The van der Waals surface area contributed by atoms with Crippen LogP contribution in [0, 0.1) is 6.92 Å². The number of fused-ring (bicyclic) bond motifs is 3. The quantitative estimate of drug-likeness (QED) is 0.280. The first kappa shape index (κ1) is 19.4. The van der Waals surface area contributed by atoms with Crippen molar-refractivity contribution in [2.75, 3.05) is 4.90 Å². The predicted octanol–water partition coefficient (Wildman–Crippen LogP) is 9.03. The molecule has 5 aromatic carbocycles. The van der Waals surface area contributed by atoms with E-state index in [4.69, 9.17) is 4.42 Å². The Labute approximate surface area is 193 Å². The van der Waals surface area contributed by atoms with Crippen LogP contribution in [0.4, 0.5) is 17.1 Å². The molecule has 0 radical (unpaired) electrons. The van der Waals surface area contributed by atoms with E-state index in [2.05, 4.69) is 121 Å². The number of nitrogens with zero attached hydrogens (tertiary/aromatic N) is 1. The molecule has 6 aromatic rings. The molecule has 0 N–H and O–H groups in total. The molecule has 158 valence electrons. The fourth-order valence-electron chi connectivity index (χ4n) is 4.54. The van der Waals surface area contributed by atoms with Crippen LogP contribution in [-0.2, 0) is 0 Å². The van der Waals surface area contributed by atoms with E-state index >= 15 is 0 Å². The standard InChI is InChI=1S/C31H23NO/c1-22-18-20-24(21-19-22)32(28-15-7-5-12-25(28)23-10-3-2-4-11-23)29-16-9-14-27-26-13-6-8-17-30(26)33-31(27)29/h2-21H,1H3. The summed E-state index contributed by atoms with van der Waals surface area (Å²) in [5.74, 6) is 0. The summed E-state index contributed by atoms with van der Waals surface area (Å²) in [5.41, 5.74) is 8.61. The largest absolute Gasteiger partial charge is 0.454 e. The van der Waals surface area contributed by atoms with Gasteiger partial charge in [-0.05, 0) is 42.8 Å². The summed E-state index contributed by atoms with van der Waals surface area (Å²) in [7, 11) is 0. The van der Waals surface area contributed by atoms with Gasteiger partial charge in [0.2, 0.25) is 0 Å². The maximum Gasteiger partial charge on any atom is 0.159 e. The van der Waals surface area contributed by atoms with E-state index in [9.17, 15) is 0 Å². The number of benzene rings is 5. The van der Waals surface area contributed by atoms with Crippen molar-refractivity contribution >= 4 is 39.0 Å². The van der Waals surface area contributed by atoms with Crippen molar-refractivity contribution in [3.05, 3.63) is 127 Å². The van der Waals surface area contributed by atoms with Gasteiger partial charge >= 0.3 is 0 Å². The van der Waals surface area contributed by atoms with Gasteiger partial charge in [0.05, 0.1) is 11.4 Å². The number of hydrogen-bond acceptors (Lipinski definition) is 2. The SMILES string of the molecule is Cc1ccc(N(c2ccccc2-c2ccccc2)c2cccc3c2oc2ccccc23)cc1. The minimum absolute atomic E-state index is 0.891. The van der Waals surface area contributed by atoms with Crippen LogP contribution in [0.25, 0.3) is 33.1 Å². The highest BCUT2D eigenvalue weighted by Gasteiger charge is 2.21. The molecule has 6 rings (SSSR count).